The average Bonchev–Trinajstić information content (AvgIpc) is 3.38. The third kappa shape index (κ3) is 3.73. The first-order valence-electron chi connectivity index (χ1n) is 10.7. The molecule has 0 saturated heterocycles. The fourth-order valence-electron chi connectivity index (χ4n) is 4.29. The molecule has 0 unspecified atom stereocenters. The first kappa shape index (κ1) is 21.1. The number of pyridine rings is 2. The van der Waals surface area contributed by atoms with Crippen LogP contribution in [-0.4, -0.2) is 36.9 Å². The number of rotatable bonds is 5. The van der Waals surface area contributed by atoms with Gasteiger partial charge in [-0.2, -0.15) is 0 Å². The number of aromatic nitrogens is 4. The molecule has 164 valence electrons. The van der Waals surface area contributed by atoms with Crippen molar-refractivity contribution in [3.05, 3.63) is 84.3 Å². The lowest BCUT2D eigenvalue weighted by atomic mass is 9.80. The van der Waals surface area contributed by atoms with Crippen LogP contribution in [0.4, 0.5) is 0 Å². The molecule has 0 aliphatic heterocycles. The summed E-state index contributed by atoms with van der Waals surface area (Å²) in [7, 11) is -1.50. The molecule has 5 rings (SSSR count). The van der Waals surface area contributed by atoms with Gasteiger partial charge in [0.25, 0.3) is 0 Å². The van der Waals surface area contributed by atoms with Crippen LogP contribution in [0.5, 0.6) is 0 Å². The van der Waals surface area contributed by atoms with Gasteiger partial charge in [0.1, 0.15) is 5.76 Å². The fourth-order valence-corrected chi connectivity index (χ4v) is 4.29. The Morgan fingerprint density at radius 1 is 1.00 bits per heavy atom. The van der Waals surface area contributed by atoms with Crippen molar-refractivity contribution in [1.82, 2.24) is 19.7 Å². The van der Waals surface area contributed by atoms with Crippen LogP contribution in [0, 0.1) is 13.8 Å². The largest absolute Gasteiger partial charge is 0.488 e. The van der Waals surface area contributed by atoms with Gasteiger partial charge in [-0.3, -0.25) is 9.97 Å². The zero-order chi connectivity index (χ0) is 23.1. The molecule has 0 radical (unpaired) electrons. The van der Waals surface area contributed by atoms with Gasteiger partial charge in [-0.25, -0.2) is 0 Å². The summed E-state index contributed by atoms with van der Waals surface area (Å²) in [4.78, 5) is 9.39. The predicted octanol–water partition coefficient (Wildman–Crippen LogP) is 3.66. The summed E-state index contributed by atoms with van der Waals surface area (Å²) in [5.74, 6) is 0.753. The van der Waals surface area contributed by atoms with Gasteiger partial charge in [0.15, 0.2) is 0 Å². The van der Waals surface area contributed by atoms with Gasteiger partial charge >= 0.3 is 7.12 Å². The monoisotopic (exact) mass is 438 g/mol. The zero-order valence-corrected chi connectivity index (χ0v) is 18.6. The lowest BCUT2D eigenvalue weighted by molar-refractivity contribution is 0.393. The first-order valence-corrected chi connectivity index (χ1v) is 10.7. The van der Waals surface area contributed by atoms with Gasteiger partial charge in [0.05, 0.1) is 28.5 Å². The Hall–Kier alpha value is -3.75. The molecule has 0 aliphatic carbocycles. The minimum Gasteiger partial charge on any atom is -0.423 e. The molecule has 2 N–H and O–H groups in total. The van der Waals surface area contributed by atoms with Crippen molar-refractivity contribution < 1.29 is 14.6 Å². The predicted molar refractivity (Wildman–Crippen MR) is 128 cm³/mol. The van der Waals surface area contributed by atoms with Gasteiger partial charge in [-0.05, 0) is 50.0 Å². The number of nitrogens with zero attached hydrogens (tertiary/aromatic N) is 4. The second kappa shape index (κ2) is 8.31. The lowest BCUT2D eigenvalue weighted by Crippen LogP contribution is -2.29. The van der Waals surface area contributed by atoms with E-state index in [0.717, 1.165) is 50.4 Å². The zero-order valence-electron chi connectivity index (χ0n) is 18.6. The molecule has 33 heavy (non-hydrogen) atoms. The van der Waals surface area contributed by atoms with Crippen LogP contribution < -0.4 is 5.46 Å². The van der Waals surface area contributed by atoms with Gasteiger partial charge in [-0.1, -0.05) is 35.5 Å². The quantitative estimate of drug-likeness (QED) is 0.407. The van der Waals surface area contributed by atoms with Crippen LogP contribution in [0.25, 0.3) is 33.3 Å². The third-order valence-electron chi connectivity index (χ3n) is 6.04. The number of benzene rings is 1. The van der Waals surface area contributed by atoms with Crippen molar-refractivity contribution >= 4 is 23.6 Å². The molecule has 0 saturated carbocycles. The lowest BCUT2D eigenvalue weighted by Gasteiger charge is -2.15. The summed E-state index contributed by atoms with van der Waals surface area (Å²) in [5, 5.41) is 23.0. The fraction of sp³-hybridized carbons (Fsp3) is 0.160. The van der Waals surface area contributed by atoms with Crippen LogP contribution in [0.3, 0.4) is 0 Å². The minimum atomic E-state index is -1.50. The van der Waals surface area contributed by atoms with E-state index in [2.05, 4.69) is 33.9 Å². The Morgan fingerprint density at radius 3 is 2.42 bits per heavy atom. The summed E-state index contributed by atoms with van der Waals surface area (Å²) < 4.78 is 7.56. The Kier molecular flexibility index (Phi) is 5.32. The van der Waals surface area contributed by atoms with Crippen molar-refractivity contribution in [2.45, 2.75) is 26.8 Å². The maximum absolute atomic E-state index is 9.45. The van der Waals surface area contributed by atoms with E-state index in [0.29, 0.717) is 5.46 Å². The van der Waals surface area contributed by atoms with Gasteiger partial charge in [-0.15, -0.1) is 0 Å². The Morgan fingerprint density at radius 2 is 1.79 bits per heavy atom. The van der Waals surface area contributed by atoms with E-state index >= 15 is 0 Å². The molecule has 0 aliphatic rings. The van der Waals surface area contributed by atoms with Crippen LogP contribution in [0.1, 0.15) is 30.1 Å². The number of hydrogen-bond acceptors (Lipinski definition) is 6. The van der Waals surface area contributed by atoms with Crippen LogP contribution in [-0.2, 0) is 0 Å². The van der Waals surface area contributed by atoms with E-state index in [1.165, 1.54) is 0 Å². The van der Waals surface area contributed by atoms with Gasteiger partial charge in [0, 0.05) is 35.3 Å². The molecule has 0 fully saturated rings. The van der Waals surface area contributed by atoms with E-state index in [-0.39, 0.29) is 6.04 Å². The van der Waals surface area contributed by atoms with Crippen LogP contribution >= 0.6 is 0 Å². The first-order chi connectivity index (χ1) is 15.9. The van der Waals surface area contributed by atoms with E-state index < -0.39 is 7.12 Å². The Bertz CT molecular complexity index is 1410. The van der Waals surface area contributed by atoms with Gasteiger partial charge in [0.2, 0.25) is 0 Å². The molecule has 5 aromatic rings. The second-order valence-corrected chi connectivity index (χ2v) is 8.17. The SMILES string of the molecule is Cc1noc(C)c1-c1cnc2c(-c3ccc(B(O)O)cc3)cn([C@H](C)c3ccccn3)c2c1. The van der Waals surface area contributed by atoms with Crippen molar-refractivity contribution in [2.75, 3.05) is 0 Å². The highest BCUT2D eigenvalue weighted by atomic mass is 16.5. The van der Waals surface area contributed by atoms with E-state index in [9.17, 15) is 10.0 Å². The molecule has 1 aromatic carbocycles. The molecule has 7 nitrogen and oxygen atoms in total. The molecule has 0 amide bonds. The maximum atomic E-state index is 9.45. The molecule has 0 spiro atoms. The summed E-state index contributed by atoms with van der Waals surface area (Å²) in [6.45, 7) is 5.94. The van der Waals surface area contributed by atoms with Crippen molar-refractivity contribution in [3.63, 3.8) is 0 Å². The maximum Gasteiger partial charge on any atom is 0.488 e. The summed E-state index contributed by atoms with van der Waals surface area (Å²) >= 11 is 0. The van der Waals surface area contributed by atoms with E-state index in [1.807, 2.05) is 50.4 Å². The van der Waals surface area contributed by atoms with Crippen molar-refractivity contribution in [1.29, 1.82) is 0 Å². The molecule has 4 aromatic heterocycles. The topological polar surface area (TPSA) is 97.2 Å². The van der Waals surface area contributed by atoms with Gasteiger partial charge < -0.3 is 19.1 Å². The van der Waals surface area contributed by atoms with Crippen LogP contribution in [0.15, 0.2) is 71.6 Å². The molecule has 8 heteroatoms. The summed E-state index contributed by atoms with van der Waals surface area (Å²) in [6.07, 6.45) is 5.73. The van der Waals surface area contributed by atoms with E-state index in [1.54, 1.807) is 18.3 Å². The number of fused-ring (bicyclic) bond motifs is 1. The number of hydrogen-bond donors (Lipinski definition) is 2. The molecule has 0 bridgehead atoms. The highest BCUT2D eigenvalue weighted by molar-refractivity contribution is 6.58. The number of aryl methyl sites for hydroxylation is 2. The van der Waals surface area contributed by atoms with Crippen molar-refractivity contribution in [2.24, 2.45) is 0 Å². The normalized spacial score (nSPS) is 12.3. The highest BCUT2D eigenvalue weighted by Crippen LogP contribution is 2.36. The van der Waals surface area contributed by atoms with Crippen LogP contribution in [0.2, 0.25) is 0 Å². The smallest absolute Gasteiger partial charge is 0.423 e. The minimum absolute atomic E-state index is 0.0253. The van der Waals surface area contributed by atoms with E-state index in [4.69, 9.17) is 9.51 Å². The third-order valence-corrected chi connectivity index (χ3v) is 6.04. The average molecular weight is 438 g/mol. The highest BCUT2D eigenvalue weighted by Gasteiger charge is 2.20. The Labute approximate surface area is 191 Å². The summed E-state index contributed by atoms with van der Waals surface area (Å²) in [6, 6.07) is 15.2. The summed E-state index contributed by atoms with van der Waals surface area (Å²) in [5.41, 5.74) is 7.81. The van der Waals surface area contributed by atoms with Crippen molar-refractivity contribution in [3.8, 4) is 22.3 Å². The molecule has 1 atom stereocenters. The molecule has 4 heterocycles. The molecular formula is C25H23BN4O3. The standard InChI is InChI=1S/C25H23BN4O3/c1-15-24(17(3)33-29-15)19-12-23-25(28-13-19)21(18-7-9-20(10-8-18)26(31)32)14-30(23)16(2)22-6-4-5-11-27-22/h4-14,16,31-32H,1-3H3/t16-/m1/s1. The molecular weight excluding hydrogens is 415 g/mol. The second-order valence-electron chi connectivity index (χ2n) is 8.17. The Balaban J connectivity index is 1.71.